The maximum atomic E-state index is 5.43. The lowest BCUT2D eigenvalue weighted by Crippen LogP contribution is -1.99. The topological polar surface area (TPSA) is 38.1 Å². The van der Waals surface area contributed by atoms with Crippen LogP contribution in [0, 0.1) is 13.8 Å². The summed E-state index contributed by atoms with van der Waals surface area (Å²) in [5.41, 5.74) is 4.41. The third-order valence-corrected chi connectivity index (χ3v) is 3.97. The lowest BCUT2D eigenvalue weighted by molar-refractivity contribution is 0.515. The molecule has 0 radical (unpaired) electrons. The van der Waals surface area contributed by atoms with Crippen LogP contribution in [0.2, 0.25) is 0 Å². The van der Waals surface area contributed by atoms with Gasteiger partial charge in [-0.05, 0) is 37.6 Å². The van der Waals surface area contributed by atoms with Crippen LogP contribution in [0.1, 0.15) is 16.3 Å². The smallest absolute Gasteiger partial charge is 0.125 e. The van der Waals surface area contributed by atoms with Crippen molar-refractivity contribution in [3.8, 4) is 11.3 Å². The van der Waals surface area contributed by atoms with E-state index in [4.69, 9.17) is 4.42 Å². The first-order valence-electron chi connectivity index (χ1n) is 6.52. The van der Waals surface area contributed by atoms with Crippen LogP contribution < -0.4 is 5.32 Å². The van der Waals surface area contributed by atoms with Crippen molar-refractivity contribution in [1.29, 1.82) is 0 Å². The van der Waals surface area contributed by atoms with Crippen LogP contribution in [0.3, 0.4) is 0 Å². The zero-order valence-electron chi connectivity index (χ0n) is 11.5. The molecule has 3 rings (SSSR count). The predicted molar refractivity (Wildman–Crippen MR) is 83.1 cm³/mol. The molecular formula is C16H16N2OS. The number of rotatable bonds is 4. The SMILES string of the molecule is Cc1nc(-c2cccc(NCc3occc3C)c2)cs1. The van der Waals surface area contributed by atoms with Crippen LogP contribution in [0.15, 0.2) is 46.4 Å². The van der Waals surface area contributed by atoms with Crippen molar-refractivity contribution < 1.29 is 4.42 Å². The highest BCUT2D eigenvalue weighted by Gasteiger charge is 2.04. The van der Waals surface area contributed by atoms with Crippen molar-refractivity contribution >= 4 is 17.0 Å². The van der Waals surface area contributed by atoms with Crippen LogP contribution in [-0.2, 0) is 6.54 Å². The Bertz CT molecular complexity index is 715. The fraction of sp³-hybridized carbons (Fsp3) is 0.188. The number of hydrogen-bond acceptors (Lipinski definition) is 4. The molecule has 0 atom stereocenters. The molecule has 0 unspecified atom stereocenters. The Labute approximate surface area is 122 Å². The minimum Gasteiger partial charge on any atom is -0.467 e. The Balaban J connectivity index is 1.76. The highest BCUT2D eigenvalue weighted by molar-refractivity contribution is 7.09. The maximum absolute atomic E-state index is 5.43. The van der Waals surface area contributed by atoms with Crippen molar-refractivity contribution in [2.24, 2.45) is 0 Å². The summed E-state index contributed by atoms with van der Waals surface area (Å²) in [4.78, 5) is 4.52. The fourth-order valence-electron chi connectivity index (χ4n) is 2.05. The summed E-state index contributed by atoms with van der Waals surface area (Å²) in [5.74, 6) is 0.972. The van der Waals surface area contributed by atoms with E-state index in [0.29, 0.717) is 6.54 Å². The van der Waals surface area contributed by atoms with Crippen molar-refractivity contribution in [3.05, 3.63) is 58.3 Å². The number of thiazole rings is 1. The van der Waals surface area contributed by atoms with Gasteiger partial charge in [-0.1, -0.05) is 12.1 Å². The van der Waals surface area contributed by atoms with Crippen LogP contribution in [0.25, 0.3) is 11.3 Å². The second kappa shape index (κ2) is 5.51. The summed E-state index contributed by atoms with van der Waals surface area (Å²) in [6.07, 6.45) is 1.72. The van der Waals surface area contributed by atoms with Crippen LogP contribution in [-0.4, -0.2) is 4.98 Å². The van der Waals surface area contributed by atoms with Crippen molar-refractivity contribution in [2.45, 2.75) is 20.4 Å². The molecule has 2 heterocycles. The molecular weight excluding hydrogens is 268 g/mol. The normalized spacial score (nSPS) is 10.7. The van der Waals surface area contributed by atoms with Gasteiger partial charge in [0.25, 0.3) is 0 Å². The van der Waals surface area contributed by atoms with E-state index in [1.54, 1.807) is 17.6 Å². The maximum Gasteiger partial charge on any atom is 0.125 e. The molecule has 3 nitrogen and oxygen atoms in total. The highest BCUT2D eigenvalue weighted by atomic mass is 32.1. The molecule has 0 aliphatic carbocycles. The van der Waals surface area contributed by atoms with Crippen LogP contribution in [0.4, 0.5) is 5.69 Å². The molecule has 0 amide bonds. The van der Waals surface area contributed by atoms with Gasteiger partial charge in [-0.2, -0.15) is 0 Å². The number of anilines is 1. The van der Waals surface area contributed by atoms with E-state index in [9.17, 15) is 0 Å². The average molecular weight is 284 g/mol. The molecule has 102 valence electrons. The minimum atomic E-state index is 0.693. The van der Waals surface area contributed by atoms with E-state index in [1.807, 2.05) is 19.1 Å². The van der Waals surface area contributed by atoms with Crippen LogP contribution >= 0.6 is 11.3 Å². The van der Waals surface area contributed by atoms with Gasteiger partial charge in [0.2, 0.25) is 0 Å². The van der Waals surface area contributed by atoms with Gasteiger partial charge in [-0.15, -0.1) is 11.3 Å². The molecule has 0 saturated heterocycles. The van der Waals surface area contributed by atoms with Gasteiger partial charge in [0, 0.05) is 16.6 Å². The summed E-state index contributed by atoms with van der Waals surface area (Å²) in [6, 6.07) is 10.3. The molecule has 1 aromatic carbocycles. The first-order valence-corrected chi connectivity index (χ1v) is 7.40. The summed E-state index contributed by atoms with van der Waals surface area (Å²) in [7, 11) is 0. The predicted octanol–water partition coefficient (Wildman–Crippen LogP) is 4.63. The van der Waals surface area contributed by atoms with Gasteiger partial charge >= 0.3 is 0 Å². The first-order chi connectivity index (χ1) is 9.72. The Morgan fingerprint density at radius 1 is 1.25 bits per heavy atom. The summed E-state index contributed by atoms with van der Waals surface area (Å²) in [5, 5.41) is 6.56. The van der Waals surface area contributed by atoms with Gasteiger partial charge in [0.15, 0.2) is 0 Å². The van der Waals surface area contributed by atoms with Gasteiger partial charge in [-0.3, -0.25) is 0 Å². The summed E-state index contributed by atoms with van der Waals surface area (Å²) >= 11 is 1.67. The largest absolute Gasteiger partial charge is 0.467 e. The number of nitrogens with one attached hydrogen (secondary N) is 1. The molecule has 4 heteroatoms. The Kier molecular flexibility index (Phi) is 3.56. The zero-order chi connectivity index (χ0) is 13.9. The van der Waals surface area contributed by atoms with E-state index in [1.165, 1.54) is 5.56 Å². The molecule has 0 saturated carbocycles. The molecule has 0 bridgehead atoms. The Morgan fingerprint density at radius 2 is 2.15 bits per heavy atom. The monoisotopic (exact) mass is 284 g/mol. The second-order valence-corrected chi connectivity index (χ2v) is 5.78. The molecule has 0 fully saturated rings. The Hall–Kier alpha value is -2.07. The summed E-state index contributed by atoms with van der Waals surface area (Å²) < 4.78 is 5.43. The van der Waals surface area contributed by atoms with E-state index < -0.39 is 0 Å². The Morgan fingerprint density at radius 3 is 2.85 bits per heavy atom. The van der Waals surface area contributed by atoms with Crippen molar-refractivity contribution in [2.75, 3.05) is 5.32 Å². The zero-order valence-corrected chi connectivity index (χ0v) is 12.3. The standard InChI is InChI=1S/C16H16N2OS/c1-11-6-7-19-16(11)9-17-14-5-3-4-13(8-14)15-10-20-12(2)18-15/h3-8,10,17H,9H2,1-2H3. The molecule has 20 heavy (non-hydrogen) atoms. The van der Waals surface area contributed by atoms with Crippen molar-refractivity contribution in [3.63, 3.8) is 0 Å². The van der Waals surface area contributed by atoms with Gasteiger partial charge in [0.05, 0.1) is 23.5 Å². The molecule has 1 N–H and O–H groups in total. The number of nitrogens with zero attached hydrogens (tertiary/aromatic N) is 1. The molecule has 3 aromatic rings. The third kappa shape index (κ3) is 2.75. The average Bonchev–Trinajstić information content (AvgIpc) is 3.06. The quantitative estimate of drug-likeness (QED) is 0.759. The van der Waals surface area contributed by atoms with Gasteiger partial charge in [-0.25, -0.2) is 4.98 Å². The fourth-order valence-corrected chi connectivity index (χ4v) is 2.67. The number of benzene rings is 1. The number of hydrogen-bond donors (Lipinski definition) is 1. The number of aromatic nitrogens is 1. The molecule has 2 aromatic heterocycles. The summed E-state index contributed by atoms with van der Waals surface area (Å²) in [6.45, 7) is 4.77. The highest BCUT2D eigenvalue weighted by Crippen LogP contribution is 2.24. The number of aryl methyl sites for hydroxylation is 2. The van der Waals surface area contributed by atoms with Gasteiger partial charge < -0.3 is 9.73 Å². The lowest BCUT2D eigenvalue weighted by atomic mass is 10.1. The van der Waals surface area contributed by atoms with Gasteiger partial charge in [0.1, 0.15) is 5.76 Å². The third-order valence-electron chi connectivity index (χ3n) is 3.20. The van der Waals surface area contributed by atoms with Crippen molar-refractivity contribution in [1.82, 2.24) is 4.98 Å². The minimum absolute atomic E-state index is 0.693. The molecule has 0 aliphatic heterocycles. The van der Waals surface area contributed by atoms with E-state index in [2.05, 4.69) is 40.8 Å². The molecule has 0 aliphatic rings. The van der Waals surface area contributed by atoms with E-state index in [-0.39, 0.29) is 0 Å². The van der Waals surface area contributed by atoms with E-state index >= 15 is 0 Å². The molecule has 0 spiro atoms. The van der Waals surface area contributed by atoms with E-state index in [0.717, 1.165) is 27.7 Å². The number of furan rings is 1. The lowest BCUT2D eigenvalue weighted by Gasteiger charge is -2.06. The van der Waals surface area contributed by atoms with Crippen LogP contribution in [0.5, 0.6) is 0 Å². The first kappa shape index (κ1) is 12.9. The second-order valence-electron chi connectivity index (χ2n) is 4.71.